The lowest BCUT2D eigenvalue weighted by Gasteiger charge is -2.29. The SMILES string of the molecule is CCC(C)(C(=O)OCOC1CCCC1)C(F)(F)F.CCC(C)(C(=O)OCOC1CCCCC1)C(F)(F)F.CCC(C)(C(=O)OCOC1CCCCCC1)C(F)(F)F.CCC(C)(C)C(=O)OCOC1CCCC1.CCC(C)(C)C(=O)OCOC1CCCCCC1.CCC(C)C(=O)OCOC1CCCC1.CCC(C)C(=O)OCOC1CCCCCC1. The molecule has 0 N–H and O–H groups in total. The standard InChI is InChI=1S/C14H23F3O3.C14H26O3.C13H21F3O3.C13H24O3.C12H19F3O3.C12H22O3.C11H20O3/c1-3-13(2,14(15,16)17)12(18)20-10-19-11-8-6-4-5-7-9-11;1-4-14(2,3)13(15)17-11-16-12-9-7-5-6-8-10-12;1-3-12(2,13(14,15)16)11(17)19-9-18-10-7-5-4-6-8-10;1-3-11(2)13(14)16-10-15-12-8-6-4-5-7-9-12;1-3-11(2,12(13,14)15)10(16)18-8-17-9-6-4-5-7-9;1-4-12(2,3)11(13)15-9-14-10-7-5-6-8-10;1-3-9(2)11(12)14-8-13-10-6-4-5-7-10/h11H,3-10H2,1-2H3;12H,4-11H2,1-3H3;10H,3-9H2,1-2H3;11-12H,3-10H2,1-2H3;9H,3-8H2,1-2H3;10H,4-9H2,1-3H3;9-10H,3-8H2,1-2H3. The monoisotopic (exact) mass is 1730 g/mol. The van der Waals surface area contributed by atoms with E-state index in [9.17, 15) is 73.1 Å². The number of carbonyl (C=O) groups excluding carboxylic acids is 7. The van der Waals surface area contributed by atoms with Gasteiger partial charge in [0.15, 0.2) is 63.8 Å². The molecule has 0 radical (unpaired) electrons. The Hall–Kier alpha value is -4.62. The Bertz CT molecular complexity index is 2710. The van der Waals surface area contributed by atoms with Crippen molar-refractivity contribution in [3.63, 3.8) is 0 Å². The van der Waals surface area contributed by atoms with Crippen molar-refractivity contribution in [3.05, 3.63) is 0 Å². The van der Waals surface area contributed by atoms with E-state index in [0.29, 0.717) is 18.3 Å². The second kappa shape index (κ2) is 60.1. The van der Waals surface area contributed by atoms with Crippen LogP contribution < -0.4 is 0 Å². The molecule has 7 fully saturated rings. The van der Waals surface area contributed by atoms with Gasteiger partial charge in [-0.3, -0.25) is 33.6 Å². The predicted octanol–water partition coefficient (Wildman–Crippen LogP) is 23.8. The van der Waals surface area contributed by atoms with E-state index in [0.717, 1.165) is 194 Å². The summed E-state index contributed by atoms with van der Waals surface area (Å²) in [6, 6.07) is 0. The molecular formula is C89H155F9O21. The number of esters is 7. The van der Waals surface area contributed by atoms with Gasteiger partial charge in [-0.2, -0.15) is 39.5 Å². The van der Waals surface area contributed by atoms with Crippen molar-refractivity contribution in [2.45, 2.75) is 442 Å². The van der Waals surface area contributed by atoms with Crippen LogP contribution >= 0.6 is 0 Å². The Kier molecular flexibility index (Phi) is 56.7. The van der Waals surface area contributed by atoms with Crippen molar-refractivity contribution < 1.29 is 139 Å². The highest BCUT2D eigenvalue weighted by molar-refractivity contribution is 5.79. The van der Waals surface area contributed by atoms with Gasteiger partial charge in [-0.15, -0.1) is 0 Å². The largest absolute Gasteiger partial charge is 0.438 e. The summed E-state index contributed by atoms with van der Waals surface area (Å²) in [5.41, 5.74) is -8.15. The van der Waals surface area contributed by atoms with Crippen molar-refractivity contribution in [2.24, 2.45) is 38.9 Å². The topological polar surface area (TPSA) is 249 Å². The normalized spacial score (nSPS) is 20.0. The van der Waals surface area contributed by atoms with Crippen LogP contribution in [0.2, 0.25) is 0 Å². The molecule has 21 nitrogen and oxygen atoms in total. The summed E-state index contributed by atoms with van der Waals surface area (Å²) in [6.07, 6.45) is 28.6. The fraction of sp³-hybridized carbons (Fsp3) is 0.921. The number of ether oxygens (including phenoxy) is 14. The van der Waals surface area contributed by atoms with Gasteiger partial charge in [0.05, 0.1) is 65.4 Å². The van der Waals surface area contributed by atoms with Crippen LogP contribution in [0.25, 0.3) is 0 Å². The van der Waals surface area contributed by atoms with Gasteiger partial charge in [-0.1, -0.05) is 197 Å². The molecule has 7 aliphatic rings. The molecule has 0 aromatic carbocycles. The molecule has 0 bridgehead atoms. The molecule has 700 valence electrons. The van der Waals surface area contributed by atoms with Crippen LogP contribution in [0.3, 0.4) is 0 Å². The molecule has 7 aliphatic carbocycles. The first-order valence-electron chi connectivity index (χ1n) is 44.7. The first-order chi connectivity index (χ1) is 56.0. The maximum absolute atomic E-state index is 12.8. The number of hydrogen-bond acceptors (Lipinski definition) is 21. The van der Waals surface area contributed by atoms with Crippen molar-refractivity contribution in [1.29, 1.82) is 0 Å². The molecule has 5 unspecified atom stereocenters. The second-order valence-electron chi connectivity index (χ2n) is 34.5. The van der Waals surface area contributed by atoms with E-state index < -0.39 is 78.5 Å². The first-order valence-corrected chi connectivity index (χ1v) is 44.7. The van der Waals surface area contributed by atoms with Crippen molar-refractivity contribution in [1.82, 2.24) is 0 Å². The van der Waals surface area contributed by atoms with Crippen LogP contribution in [-0.4, -0.2) is 151 Å². The lowest BCUT2D eigenvalue weighted by atomic mass is 9.87. The molecule has 0 aromatic heterocycles. The number of alkyl halides is 9. The van der Waals surface area contributed by atoms with Crippen molar-refractivity contribution in [3.8, 4) is 0 Å². The van der Waals surface area contributed by atoms with Crippen LogP contribution in [0.4, 0.5) is 39.5 Å². The molecule has 0 saturated heterocycles. The van der Waals surface area contributed by atoms with E-state index in [4.69, 9.17) is 52.1 Å². The Balaban J connectivity index is 0.000000696. The van der Waals surface area contributed by atoms with Crippen LogP contribution in [0.15, 0.2) is 0 Å². The average molecular weight is 1730 g/mol. The minimum Gasteiger partial charge on any atom is -0.438 e. The van der Waals surface area contributed by atoms with Crippen LogP contribution in [0.5, 0.6) is 0 Å². The Morgan fingerprint density at radius 2 is 0.395 bits per heavy atom. The summed E-state index contributed by atoms with van der Waals surface area (Å²) in [5, 5.41) is 0. The van der Waals surface area contributed by atoms with Crippen LogP contribution in [0.1, 0.15) is 380 Å². The zero-order valence-electron chi connectivity index (χ0n) is 75.3. The van der Waals surface area contributed by atoms with Gasteiger partial charge >= 0.3 is 60.3 Å². The van der Waals surface area contributed by atoms with E-state index >= 15 is 0 Å². The quantitative estimate of drug-likeness (QED) is 0.0188. The van der Waals surface area contributed by atoms with Gasteiger partial charge in [-0.05, 0) is 183 Å². The highest BCUT2D eigenvalue weighted by Gasteiger charge is 2.59. The second-order valence-corrected chi connectivity index (χ2v) is 34.5. The smallest absolute Gasteiger partial charge is 0.404 e. The van der Waals surface area contributed by atoms with Crippen LogP contribution in [0, 0.1) is 38.9 Å². The summed E-state index contributed by atoms with van der Waals surface area (Å²) in [5.74, 6) is -4.44. The van der Waals surface area contributed by atoms with Gasteiger partial charge in [0.1, 0.15) is 0 Å². The molecule has 0 aliphatic heterocycles. The Morgan fingerprint density at radius 3 is 0.546 bits per heavy atom. The summed E-state index contributed by atoms with van der Waals surface area (Å²) in [7, 11) is 0. The van der Waals surface area contributed by atoms with Gasteiger partial charge < -0.3 is 66.3 Å². The van der Waals surface area contributed by atoms with E-state index in [1.165, 1.54) is 97.8 Å². The van der Waals surface area contributed by atoms with Gasteiger partial charge in [0.2, 0.25) is 0 Å². The Morgan fingerprint density at radius 1 is 0.244 bits per heavy atom. The molecular weight excluding hydrogens is 1580 g/mol. The lowest BCUT2D eigenvalue weighted by molar-refractivity contribution is -0.238. The maximum Gasteiger partial charge on any atom is 0.404 e. The third-order valence-electron chi connectivity index (χ3n) is 24.6. The average Bonchev–Trinajstić information content (AvgIpc) is 1.64. The minimum absolute atomic E-state index is 0.000296. The zero-order valence-corrected chi connectivity index (χ0v) is 75.3. The summed E-state index contributed by atoms with van der Waals surface area (Å²) < 4.78 is 187. The number of hydrogen-bond donors (Lipinski definition) is 0. The third kappa shape index (κ3) is 44.7. The molecule has 30 heteroatoms. The fourth-order valence-corrected chi connectivity index (χ4v) is 13.1. The summed E-state index contributed by atoms with van der Waals surface area (Å²) >= 11 is 0. The van der Waals surface area contributed by atoms with E-state index in [1.54, 1.807) is 0 Å². The Labute approximate surface area is 706 Å². The summed E-state index contributed by atoms with van der Waals surface area (Å²) in [6.45, 7) is 25.1. The van der Waals surface area contributed by atoms with Gasteiger partial charge in [-0.25, -0.2) is 0 Å². The van der Waals surface area contributed by atoms with E-state index in [-0.39, 0.29) is 112 Å². The molecule has 0 amide bonds. The molecule has 0 heterocycles. The molecule has 0 spiro atoms. The minimum atomic E-state index is -4.61. The number of carbonyl (C=O) groups is 7. The van der Waals surface area contributed by atoms with Crippen molar-refractivity contribution >= 4 is 41.8 Å². The van der Waals surface area contributed by atoms with Gasteiger partial charge in [0, 0.05) is 0 Å². The fourth-order valence-electron chi connectivity index (χ4n) is 13.1. The highest BCUT2D eigenvalue weighted by Crippen LogP contribution is 2.45. The molecule has 5 atom stereocenters. The lowest BCUT2D eigenvalue weighted by Crippen LogP contribution is -2.43. The third-order valence-corrected chi connectivity index (χ3v) is 24.6. The maximum atomic E-state index is 12.8. The number of rotatable bonds is 35. The van der Waals surface area contributed by atoms with E-state index in [1.807, 2.05) is 69.2 Å². The molecule has 0 aromatic rings. The highest BCUT2D eigenvalue weighted by atomic mass is 19.4. The molecule has 7 saturated carbocycles. The van der Waals surface area contributed by atoms with E-state index in [2.05, 4.69) is 14.2 Å². The predicted molar refractivity (Wildman–Crippen MR) is 433 cm³/mol. The van der Waals surface area contributed by atoms with Crippen molar-refractivity contribution in [2.75, 3.05) is 47.6 Å². The molecule has 7 rings (SSSR count). The first kappa shape index (κ1) is 112. The van der Waals surface area contributed by atoms with Gasteiger partial charge in [0.25, 0.3) is 0 Å². The number of halogens is 9. The zero-order chi connectivity index (χ0) is 89.8. The van der Waals surface area contributed by atoms with Crippen LogP contribution in [-0.2, 0) is 99.9 Å². The summed E-state index contributed by atoms with van der Waals surface area (Å²) in [4.78, 5) is 80.6. The molecule has 119 heavy (non-hydrogen) atoms.